The standard InChI is InChI=1S/C25H25N5O4/c1-16-13-28(18-9-11-20(12-10-18)34-19-7-5-4-6-8-19)24-26-22-21(29(24)14-16)23(32)30(15-17(2)31)25(33)27(22)3/h4-12,16H,13-15H2,1-3H3/t16-/m1/s1. The van der Waals surface area contributed by atoms with Gasteiger partial charge in [0.2, 0.25) is 5.95 Å². The summed E-state index contributed by atoms with van der Waals surface area (Å²) in [6, 6.07) is 17.2. The van der Waals surface area contributed by atoms with Crippen molar-refractivity contribution in [2.75, 3.05) is 11.4 Å². The van der Waals surface area contributed by atoms with Crippen molar-refractivity contribution in [1.29, 1.82) is 0 Å². The number of Topliss-reactive ketones (excluding diaryl/α,β-unsaturated/α-hetero) is 1. The quantitative estimate of drug-likeness (QED) is 0.456. The molecule has 0 aliphatic carbocycles. The lowest BCUT2D eigenvalue weighted by Gasteiger charge is -2.33. The van der Waals surface area contributed by atoms with Crippen molar-refractivity contribution in [2.45, 2.75) is 26.9 Å². The molecular formula is C25H25N5O4. The molecule has 1 aliphatic heterocycles. The molecule has 0 fully saturated rings. The van der Waals surface area contributed by atoms with E-state index in [1.54, 1.807) is 7.05 Å². The van der Waals surface area contributed by atoms with Gasteiger partial charge in [-0.25, -0.2) is 4.79 Å². The molecule has 1 atom stereocenters. The molecule has 0 unspecified atom stereocenters. The van der Waals surface area contributed by atoms with E-state index in [-0.39, 0.29) is 18.2 Å². The van der Waals surface area contributed by atoms with E-state index in [1.807, 2.05) is 64.1 Å². The van der Waals surface area contributed by atoms with E-state index >= 15 is 0 Å². The molecule has 1 aliphatic rings. The number of carbonyl (C=O) groups excluding carboxylic acids is 1. The van der Waals surface area contributed by atoms with Crippen LogP contribution in [0, 0.1) is 5.92 Å². The molecule has 3 heterocycles. The van der Waals surface area contributed by atoms with Crippen LogP contribution in [0.25, 0.3) is 11.2 Å². The molecule has 0 saturated heterocycles. The van der Waals surface area contributed by atoms with Crippen molar-refractivity contribution < 1.29 is 9.53 Å². The van der Waals surface area contributed by atoms with E-state index < -0.39 is 11.2 Å². The van der Waals surface area contributed by atoms with Gasteiger partial charge in [0.05, 0.1) is 6.54 Å². The number of ether oxygens (including phenoxy) is 1. The number of fused-ring (bicyclic) bond motifs is 3. The normalized spacial score (nSPS) is 15.4. The molecular weight excluding hydrogens is 434 g/mol. The lowest BCUT2D eigenvalue weighted by molar-refractivity contribution is -0.117. The third-order valence-electron chi connectivity index (χ3n) is 5.95. The highest BCUT2D eigenvalue weighted by Crippen LogP contribution is 2.34. The van der Waals surface area contributed by atoms with Gasteiger partial charge < -0.3 is 14.2 Å². The summed E-state index contributed by atoms with van der Waals surface area (Å²) in [5.74, 6) is 2.03. The highest BCUT2D eigenvalue weighted by atomic mass is 16.5. The minimum atomic E-state index is -0.551. The number of para-hydroxylation sites is 1. The fourth-order valence-electron chi connectivity index (χ4n) is 4.40. The fraction of sp³-hybridized carbons (Fsp3) is 0.280. The maximum atomic E-state index is 13.2. The van der Waals surface area contributed by atoms with Gasteiger partial charge in [0.25, 0.3) is 5.56 Å². The third kappa shape index (κ3) is 3.68. The number of anilines is 2. The first kappa shape index (κ1) is 21.7. The summed E-state index contributed by atoms with van der Waals surface area (Å²) >= 11 is 0. The minimum absolute atomic E-state index is 0.225. The SMILES string of the molecule is CC(=O)Cn1c(=O)c2c(nc3n2C[C@H](C)CN3c2ccc(Oc3ccccc3)cc2)n(C)c1=O. The Morgan fingerprint density at radius 1 is 1.03 bits per heavy atom. The number of nitrogens with zero attached hydrogens (tertiary/aromatic N) is 5. The van der Waals surface area contributed by atoms with Gasteiger partial charge in [0, 0.05) is 25.8 Å². The van der Waals surface area contributed by atoms with Crippen LogP contribution in [0.3, 0.4) is 0 Å². The summed E-state index contributed by atoms with van der Waals surface area (Å²) in [5.41, 5.74) is 0.502. The van der Waals surface area contributed by atoms with Gasteiger partial charge in [-0.1, -0.05) is 25.1 Å². The molecule has 174 valence electrons. The number of benzene rings is 2. The predicted octanol–water partition coefficient (Wildman–Crippen LogP) is 3.07. The van der Waals surface area contributed by atoms with E-state index in [2.05, 4.69) is 6.92 Å². The molecule has 0 amide bonds. The molecule has 0 spiro atoms. The molecule has 0 radical (unpaired) electrons. The second-order valence-corrected chi connectivity index (χ2v) is 8.75. The molecule has 4 aromatic rings. The number of ketones is 1. The van der Waals surface area contributed by atoms with E-state index in [1.165, 1.54) is 11.5 Å². The van der Waals surface area contributed by atoms with Crippen LogP contribution in [0.15, 0.2) is 64.2 Å². The number of aromatic nitrogens is 4. The minimum Gasteiger partial charge on any atom is -0.457 e. The average Bonchev–Trinajstić information content (AvgIpc) is 3.20. The number of hydrogen-bond acceptors (Lipinski definition) is 6. The number of imidazole rings is 1. The summed E-state index contributed by atoms with van der Waals surface area (Å²) < 4.78 is 10.1. The zero-order valence-corrected chi connectivity index (χ0v) is 19.3. The Morgan fingerprint density at radius 2 is 1.71 bits per heavy atom. The van der Waals surface area contributed by atoms with Crippen molar-refractivity contribution >= 4 is 28.6 Å². The zero-order valence-electron chi connectivity index (χ0n) is 19.3. The molecule has 0 N–H and O–H groups in total. The number of rotatable bonds is 5. The van der Waals surface area contributed by atoms with E-state index in [0.29, 0.717) is 36.0 Å². The van der Waals surface area contributed by atoms with Crippen LogP contribution in [0.2, 0.25) is 0 Å². The van der Waals surface area contributed by atoms with Crippen LogP contribution in [0.4, 0.5) is 11.6 Å². The van der Waals surface area contributed by atoms with Gasteiger partial charge in [-0.3, -0.25) is 18.7 Å². The van der Waals surface area contributed by atoms with Crippen molar-refractivity contribution in [1.82, 2.24) is 18.7 Å². The Hall–Kier alpha value is -4.14. The molecule has 0 saturated carbocycles. The Bertz CT molecular complexity index is 1500. The van der Waals surface area contributed by atoms with E-state index in [9.17, 15) is 14.4 Å². The van der Waals surface area contributed by atoms with Gasteiger partial charge in [-0.2, -0.15) is 4.98 Å². The van der Waals surface area contributed by atoms with Gasteiger partial charge in [0.1, 0.15) is 17.3 Å². The van der Waals surface area contributed by atoms with Gasteiger partial charge in [-0.05, 0) is 49.2 Å². The van der Waals surface area contributed by atoms with Gasteiger partial charge >= 0.3 is 5.69 Å². The molecule has 0 bridgehead atoms. The Kier molecular flexibility index (Phi) is 5.31. The maximum Gasteiger partial charge on any atom is 0.332 e. The number of aryl methyl sites for hydroxylation is 1. The van der Waals surface area contributed by atoms with Crippen LogP contribution in [0.1, 0.15) is 13.8 Å². The van der Waals surface area contributed by atoms with Crippen LogP contribution in [0.5, 0.6) is 11.5 Å². The molecule has 5 rings (SSSR count). The van der Waals surface area contributed by atoms with Gasteiger partial charge in [0.15, 0.2) is 11.2 Å². The first-order chi connectivity index (χ1) is 16.3. The summed E-state index contributed by atoms with van der Waals surface area (Å²) in [7, 11) is 1.57. The number of hydrogen-bond donors (Lipinski definition) is 0. The second-order valence-electron chi connectivity index (χ2n) is 8.75. The Morgan fingerprint density at radius 3 is 2.38 bits per heavy atom. The molecule has 34 heavy (non-hydrogen) atoms. The Balaban J connectivity index is 1.58. The van der Waals surface area contributed by atoms with E-state index in [4.69, 9.17) is 9.72 Å². The van der Waals surface area contributed by atoms with Crippen molar-refractivity contribution in [2.24, 2.45) is 13.0 Å². The number of carbonyl (C=O) groups is 1. The third-order valence-corrected chi connectivity index (χ3v) is 5.95. The smallest absolute Gasteiger partial charge is 0.332 e. The molecule has 9 heteroatoms. The molecule has 9 nitrogen and oxygen atoms in total. The summed E-state index contributed by atoms with van der Waals surface area (Å²) in [4.78, 5) is 44.4. The summed E-state index contributed by atoms with van der Waals surface area (Å²) in [6.45, 7) is 4.49. The predicted molar refractivity (Wildman–Crippen MR) is 129 cm³/mol. The van der Waals surface area contributed by atoms with Crippen molar-refractivity contribution in [3.05, 3.63) is 75.4 Å². The highest BCUT2D eigenvalue weighted by Gasteiger charge is 2.30. The highest BCUT2D eigenvalue weighted by molar-refractivity contribution is 5.78. The topological polar surface area (TPSA) is 91.4 Å². The van der Waals surface area contributed by atoms with Crippen LogP contribution in [-0.4, -0.2) is 31.0 Å². The van der Waals surface area contributed by atoms with Crippen molar-refractivity contribution in [3.63, 3.8) is 0 Å². The van der Waals surface area contributed by atoms with Crippen LogP contribution < -0.4 is 20.9 Å². The first-order valence-corrected chi connectivity index (χ1v) is 11.1. The average molecular weight is 460 g/mol. The van der Waals surface area contributed by atoms with Crippen molar-refractivity contribution in [3.8, 4) is 11.5 Å². The first-order valence-electron chi connectivity index (χ1n) is 11.1. The maximum absolute atomic E-state index is 13.2. The molecule has 2 aromatic heterocycles. The summed E-state index contributed by atoms with van der Waals surface area (Å²) in [6.07, 6.45) is 0. The lowest BCUT2D eigenvalue weighted by atomic mass is 10.1. The largest absolute Gasteiger partial charge is 0.457 e. The monoisotopic (exact) mass is 459 g/mol. The second kappa shape index (κ2) is 8.33. The van der Waals surface area contributed by atoms with Crippen LogP contribution in [-0.2, 0) is 24.9 Å². The lowest BCUT2D eigenvalue weighted by Crippen LogP contribution is -2.41. The Labute approximate surface area is 195 Å². The molecule has 2 aromatic carbocycles. The van der Waals surface area contributed by atoms with E-state index in [0.717, 1.165) is 16.0 Å². The fourth-order valence-corrected chi connectivity index (χ4v) is 4.40. The van der Waals surface area contributed by atoms with Crippen LogP contribution >= 0.6 is 0 Å². The zero-order chi connectivity index (χ0) is 24.0. The summed E-state index contributed by atoms with van der Waals surface area (Å²) in [5, 5.41) is 0. The van der Waals surface area contributed by atoms with Gasteiger partial charge in [-0.15, -0.1) is 0 Å².